The largest absolute Gasteiger partial charge is 0.378 e. The topological polar surface area (TPSA) is 44.4 Å². The monoisotopic (exact) mass is 354 g/mol. The highest BCUT2D eigenvalue weighted by atomic mass is 16.5. The maximum Gasteiger partial charge on any atom is 0.106 e. The Hall–Kier alpha value is -1.69. The SMILES string of the molecule is CCCCc1ncc(CN2CCN3[C@@H](COC[C@@H]3c3ccccc3)C2)[nH]1. The molecule has 1 aromatic heterocycles. The van der Waals surface area contributed by atoms with Crippen molar-refractivity contribution in [2.24, 2.45) is 0 Å². The zero-order valence-electron chi connectivity index (χ0n) is 15.7. The van der Waals surface area contributed by atoms with Gasteiger partial charge in [0.05, 0.1) is 19.3 Å². The minimum atomic E-state index is 0.393. The van der Waals surface area contributed by atoms with Gasteiger partial charge >= 0.3 is 0 Å². The first-order chi connectivity index (χ1) is 12.8. The van der Waals surface area contributed by atoms with Crippen LogP contribution in [0.4, 0.5) is 0 Å². The lowest BCUT2D eigenvalue weighted by atomic mass is 10.00. The van der Waals surface area contributed by atoms with Gasteiger partial charge < -0.3 is 9.72 Å². The van der Waals surface area contributed by atoms with Gasteiger partial charge in [-0.3, -0.25) is 9.80 Å². The smallest absolute Gasteiger partial charge is 0.106 e. The van der Waals surface area contributed by atoms with Gasteiger partial charge in [0.1, 0.15) is 5.82 Å². The van der Waals surface area contributed by atoms with Crippen molar-refractivity contribution in [1.29, 1.82) is 0 Å². The van der Waals surface area contributed by atoms with Crippen LogP contribution in [0.15, 0.2) is 36.5 Å². The molecule has 2 atom stereocenters. The van der Waals surface area contributed by atoms with E-state index < -0.39 is 0 Å². The van der Waals surface area contributed by atoms with Crippen LogP contribution in [0.3, 0.4) is 0 Å². The second-order valence-corrected chi connectivity index (χ2v) is 7.55. The molecule has 0 radical (unpaired) electrons. The lowest BCUT2D eigenvalue weighted by Crippen LogP contribution is -2.58. The third kappa shape index (κ3) is 4.00. The molecule has 5 heteroatoms. The quantitative estimate of drug-likeness (QED) is 0.866. The standard InChI is InChI=1S/C21H30N4O/c1-2-3-9-21-22-12-18(23-21)13-24-10-11-25-19(14-24)15-26-16-20(25)17-7-5-4-6-8-17/h4-8,12,19-20H,2-3,9-11,13-16H2,1H3,(H,22,23)/t19-,20-/m1/s1. The van der Waals surface area contributed by atoms with Crippen LogP contribution in [0, 0.1) is 0 Å². The Morgan fingerprint density at radius 2 is 2.08 bits per heavy atom. The van der Waals surface area contributed by atoms with Gasteiger partial charge in [-0.15, -0.1) is 0 Å². The second-order valence-electron chi connectivity index (χ2n) is 7.55. The zero-order valence-corrected chi connectivity index (χ0v) is 15.7. The maximum absolute atomic E-state index is 5.96. The van der Waals surface area contributed by atoms with Crippen LogP contribution in [0.1, 0.15) is 42.9 Å². The van der Waals surface area contributed by atoms with Crippen molar-refractivity contribution in [1.82, 2.24) is 19.8 Å². The number of nitrogens with one attached hydrogen (secondary N) is 1. The normalized spacial score (nSPS) is 24.5. The number of aromatic nitrogens is 2. The number of H-pyrrole nitrogens is 1. The summed E-state index contributed by atoms with van der Waals surface area (Å²) in [6, 6.07) is 11.7. The minimum absolute atomic E-state index is 0.393. The average Bonchev–Trinajstić information content (AvgIpc) is 3.13. The van der Waals surface area contributed by atoms with Crippen LogP contribution in [0.25, 0.3) is 0 Å². The number of piperazine rings is 1. The van der Waals surface area contributed by atoms with Crippen molar-refractivity contribution in [2.75, 3.05) is 32.8 Å². The Morgan fingerprint density at radius 1 is 1.19 bits per heavy atom. The number of nitrogens with zero attached hydrogens (tertiary/aromatic N) is 3. The molecule has 1 N–H and O–H groups in total. The number of imidazole rings is 1. The molecule has 5 nitrogen and oxygen atoms in total. The van der Waals surface area contributed by atoms with E-state index in [1.807, 2.05) is 6.20 Å². The van der Waals surface area contributed by atoms with Gasteiger partial charge in [0, 0.05) is 50.5 Å². The van der Waals surface area contributed by atoms with E-state index in [0.717, 1.165) is 51.6 Å². The fourth-order valence-electron chi connectivity index (χ4n) is 4.21. The molecule has 2 aliphatic rings. The Kier molecular flexibility index (Phi) is 5.68. The third-order valence-electron chi connectivity index (χ3n) is 5.63. The summed E-state index contributed by atoms with van der Waals surface area (Å²) in [7, 11) is 0. The highest BCUT2D eigenvalue weighted by Crippen LogP contribution is 2.29. The molecule has 1 aromatic carbocycles. The van der Waals surface area contributed by atoms with E-state index in [9.17, 15) is 0 Å². The van der Waals surface area contributed by atoms with E-state index in [-0.39, 0.29) is 0 Å². The van der Waals surface area contributed by atoms with Gasteiger partial charge in [-0.2, -0.15) is 0 Å². The zero-order chi connectivity index (χ0) is 17.8. The predicted octanol–water partition coefficient (Wildman–Crippen LogP) is 3.01. The highest BCUT2D eigenvalue weighted by molar-refractivity contribution is 5.20. The van der Waals surface area contributed by atoms with Crippen LogP contribution in [-0.4, -0.2) is 58.7 Å². The summed E-state index contributed by atoms with van der Waals surface area (Å²) in [5, 5.41) is 0. The molecule has 4 rings (SSSR count). The first kappa shape index (κ1) is 17.7. The molecule has 140 valence electrons. The Bertz CT molecular complexity index is 686. The number of aromatic amines is 1. The number of hydrogen-bond acceptors (Lipinski definition) is 4. The molecule has 2 aromatic rings. The molecular formula is C21H30N4O. The molecule has 0 saturated carbocycles. The summed E-state index contributed by atoms with van der Waals surface area (Å²) in [5.74, 6) is 1.13. The van der Waals surface area contributed by atoms with E-state index in [4.69, 9.17) is 4.74 Å². The Balaban J connectivity index is 1.36. The van der Waals surface area contributed by atoms with E-state index >= 15 is 0 Å². The number of ether oxygens (including phenoxy) is 1. The van der Waals surface area contributed by atoms with E-state index in [1.165, 1.54) is 24.1 Å². The Labute approximate surface area is 156 Å². The third-order valence-corrected chi connectivity index (χ3v) is 5.63. The highest BCUT2D eigenvalue weighted by Gasteiger charge is 2.36. The van der Waals surface area contributed by atoms with Gasteiger partial charge in [-0.25, -0.2) is 4.98 Å². The molecule has 26 heavy (non-hydrogen) atoms. The minimum Gasteiger partial charge on any atom is -0.378 e. The summed E-state index contributed by atoms with van der Waals surface area (Å²) in [6.07, 6.45) is 5.48. The van der Waals surface area contributed by atoms with Crippen molar-refractivity contribution in [3.63, 3.8) is 0 Å². The van der Waals surface area contributed by atoms with Crippen molar-refractivity contribution in [3.05, 3.63) is 53.6 Å². The maximum atomic E-state index is 5.96. The van der Waals surface area contributed by atoms with Gasteiger partial charge in [-0.05, 0) is 12.0 Å². The number of fused-ring (bicyclic) bond motifs is 1. The molecule has 2 saturated heterocycles. The van der Waals surface area contributed by atoms with Crippen LogP contribution in [0.5, 0.6) is 0 Å². The molecule has 0 amide bonds. The second kappa shape index (κ2) is 8.33. The number of rotatable bonds is 6. The first-order valence-electron chi connectivity index (χ1n) is 9.97. The first-order valence-corrected chi connectivity index (χ1v) is 9.97. The number of hydrogen-bond donors (Lipinski definition) is 1. The average molecular weight is 354 g/mol. The van der Waals surface area contributed by atoms with Crippen LogP contribution >= 0.6 is 0 Å². The number of morpholine rings is 1. The molecule has 2 aliphatic heterocycles. The molecule has 3 heterocycles. The van der Waals surface area contributed by atoms with E-state index in [2.05, 4.69) is 57.0 Å². The van der Waals surface area contributed by atoms with Gasteiger partial charge in [0.15, 0.2) is 0 Å². The molecular weight excluding hydrogens is 324 g/mol. The van der Waals surface area contributed by atoms with E-state index in [0.29, 0.717) is 12.1 Å². The van der Waals surface area contributed by atoms with Crippen LogP contribution in [-0.2, 0) is 17.7 Å². The Morgan fingerprint density at radius 3 is 2.92 bits per heavy atom. The van der Waals surface area contributed by atoms with E-state index in [1.54, 1.807) is 0 Å². The lowest BCUT2D eigenvalue weighted by Gasteiger charge is -2.48. The number of benzene rings is 1. The summed E-state index contributed by atoms with van der Waals surface area (Å²) in [6.45, 7) is 8.09. The fraction of sp³-hybridized carbons (Fsp3) is 0.571. The van der Waals surface area contributed by atoms with Crippen LogP contribution in [0.2, 0.25) is 0 Å². The molecule has 0 spiro atoms. The molecule has 0 aliphatic carbocycles. The molecule has 0 unspecified atom stereocenters. The predicted molar refractivity (Wildman–Crippen MR) is 103 cm³/mol. The summed E-state index contributed by atoms with van der Waals surface area (Å²) in [5.41, 5.74) is 2.61. The molecule has 0 bridgehead atoms. The lowest BCUT2D eigenvalue weighted by molar-refractivity contribution is -0.0837. The van der Waals surface area contributed by atoms with Crippen molar-refractivity contribution in [3.8, 4) is 0 Å². The fourth-order valence-corrected chi connectivity index (χ4v) is 4.21. The van der Waals surface area contributed by atoms with Gasteiger partial charge in [0.25, 0.3) is 0 Å². The summed E-state index contributed by atoms with van der Waals surface area (Å²) in [4.78, 5) is 13.2. The van der Waals surface area contributed by atoms with Crippen molar-refractivity contribution < 1.29 is 4.74 Å². The summed E-state index contributed by atoms with van der Waals surface area (Å²) >= 11 is 0. The number of aryl methyl sites for hydroxylation is 1. The van der Waals surface area contributed by atoms with Crippen LogP contribution < -0.4 is 0 Å². The summed E-state index contributed by atoms with van der Waals surface area (Å²) < 4.78 is 5.96. The number of unbranched alkanes of at least 4 members (excludes halogenated alkanes) is 1. The van der Waals surface area contributed by atoms with Gasteiger partial charge in [-0.1, -0.05) is 43.7 Å². The van der Waals surface area contributed by atoms with Gasteiger partial charge in [0.2, 0.25) is 0 Å². The molecule has 2 fully saturated rings. The van der Waals surface area contributed by atoms with Crippen molar-refractivity contribution in [2.45, 2.75) is 44.8 Å². The van der Waals surface area contributed by atoms with Crippen molar-refractivity contribution >= 4 is 0 Å².